The molecule has 0 saturated heterocycles. The van der Waals surface area contributed by atoms with Crippen LogP contribution in [0.2, 0.25) is 0 Å². The minimum absolute atomic E-state index is 0.903. The Kier molecular flexibility index (Phi) is 11.8. The molecule has 0 atom stereocenters. The van der Waals surface area contributed by atoms with E-state index in [0.717, 1.165) is 12.0 Å². The summed E-state index contributed by atoms with van der Waals surface area (Å²) in [4.78, 5) is 10.5. The van der Waals surface area contributed by atoms with Crippen LogP contribution in [0.4, 0.5) is 0 Å². The second kappa shape index (κ2) is 13.8. The molecule has 2 heteroatoms. The van der Waals surface area contributed by atoms with Gasteiger partial charge in [-0.1, -0.05) is 95.4 Å². The molecule has 134 valence electrons. The molecule has 0 bridgehead atoms. The molecular weight excluding hydrogens is 296 g/mol. The van der Waals surface area contributed by atoms with Gasteiger partial charge in [0.1, 0.15) is 0 Å². The molecular formula is C22H34O2. The third kappa shape index (κ3) is 11.0. The van der Waals surface area contributed by atoms with Crippen molar-refractivity contribution in [3.05, 3.63) is 41.5 Å². The number of aryl methyl sites for hydroxylation is 1. The van der Waals surface area contributed by atoms with Crippen LogP contribution in [0, 0.1) is 0 Å². The molecule has 0 aliphatic rings. The van der Waals surface area contributed by atoms with Crippen LogP contribution in [-0.4, -0.2) is 11.1 Å². The largest absolute Gasteiger partial charge is 0.478 e. The van der Waals surface area contributed by atoms with Gasteiger partial charge in [0, 0.05) is 6.08 Å². The molecule has 0 aliphatic carbocycles. The van der Waals surface area contributed by atoms with Crippen LogP contribution >= 0.6 is 0 Å². The molecule has 0 aliphatic heterocycles. The summed E-state index contributed by atoms with van der Waals surface area (Å²) in [5.41, 5.74) is 2.29. The lowest BCUT2D eigenvalue weighted by molar-refractivity contribution is -0.131. The van der Waals surface area contributed by atoms with Crippen LogP contribution in [0.1, 0.15) is 88.7 Å². The first-order chi connectivity index (χ1) is 11.7. The van der Waals surface area contributed by atoms with E-state index in [9.17, 15) is 4.79 Å². The zero-order chi connectivity index (χ0) is 17.5. The molecule has 1 N–H and O–H groups in total. The topological polar surface area (TPSA) is 37.3 Å². The van der Waals surface area contributed by atoms with E-state index >= 15 is 0 Å². The number of carbonyl (C=O) groups is 1. The third-order valence-corrected chi connectivity index (χ3v) is 4.47. The lowest BCUT2D eigenvalue weighted by atomic mass is 10.0. The van der Waals surface area contributed by atoms with Crippen LogP contribution < -0.4 is 0 Å². The van der Waals surface area contributed by atoms with E-state index in [1.165, 1.54) is 82.3 Å². The Morgan fingerprint density at radius 2 is 1.33 bits per heavy atom. The fourth-order valence-electron chi connectivity index (χ4n) is 2.96. The van der Waals surface area contributed by atoms with Crippen molar-refractivity contribution in [3.63, 3.8) is 0 Å². The van der Waals surface area contributed by atoms with Crippen molar-refractivity contribution in [2.45, 2.75) is 84.0 Å². The van der Waals surface area contributed by atoms with E-state index < -0.39 is 5.97 Å². The standard InChI is InChI=1S/C22H34O2/c1-2-3-4-5-6-7-8-9-10-11-12-13-20-14-16-21(17-15-20)18-19-22(23)24/h14-19H,2-13H2,1H3,(H,23,24). The molecule has 24 heavy (non-hydrogen) atoms. The summed E-state index contributed by atoms with van der Waals surface area (Å²) in [6, 6.07) is 8.20. The Hall–Kier alpha value is -1.57. The van der Waals surface area contributed by atoms with Gasteiger partial charge < -0.3 is 5.11 Å². The first-order valence-corrected chi connectivity index (χ1v) is 9.72. The summed E-state index contributed by atoms with van der Waals surface area (Å²) in [5, 5.41) is 8.61. The fourth-order valence-corrected chi connectivity index (χ4v) is 2.96. The summed E-state index contributed by atoms with van der Waals surface area (Å²) >= 11 is 0. The SMILES string of the molecule is CCCCCCCCCCCCCc1ccc(C=CC(=O)O)cc1. The number of rotatable bonds is 14. The second-order valence-electron chi connectivity index (χ2n) is 6.70. The minimum atomic E-state index is -0.903. The average Bonchev–Trinajstić information content (AvgIpc) is 2.59. The Morgan fingerprint density at radius 1 is 0.833 bits per heavy atom. The van der Waals surface area contributed by atoms with Gasteiger partial charge in [-0.2, -0.15) is 0 Å². The number of hydrogen-bond donors (Lipinski definition) is 1. The molecule has 1 rings (SSSR count). The second-order valence-corrected chi connectivity index (χ2v) is 6.70. The molecule has 0 fully saturated rings. The lowest BCUT2D eigenvalue weighted by Gasteiger charge is -2.04. The van der Waals surface area contributed by atoms with Gasteiger partial charge in [0.25, 0.3) is 0 Å². The molecule has 2 nitrogen and oxygen atoms in total. The fraction of sp³-hybridized carbons (Fsp3) is 0.591. The smallest absolute Gasteiger partial charge is 0.328 e. The summed E-state index contributed by atoms with van der Waals surface area (Å²) < 4.78 is 0. The normalized spacial score (nSPS) is 11.2. The summed E-state index contributed by atoms with van der Waals surface area (Å²) in [7, 11) is 0. The zero-order valence-electron chi connectivity index (χ0n) is 15.3. The number of carboxylic acids is 1. The Morgan fingerprint density at radius 3 is 1.83 bits per heavy atom. The molecule has 1 aromatic carbocycles. The highest BCUT2D eigenvalue weighted by Crippen LogP contribution is 2.13. The van der Waals surface area contributed by atoms with Gasteiger partial charge in [-0.3, -0.25) is 0 Å². The Labute approximate surface area is 148 Å². The van der Waals surface area contributed by atoms with Gasteiger partial charge in [0.15, 0.2) is 0 Å². The van der Waals surface area contributed by atoms with Crippen molar-refractivity contribution in [1.82, 2.24) is 0 Å². The summed E-state index contributed by atoms with van der Waals surface area (Å²) in [6.07, 6.45) is 19.0. The molecule has 0 radical (unpaired) electrons. The van der Waals surface area contributed by atoms with Crippen molar-refractivity contribution < 1.29 is 9.90 Å². The monoisotopic (exact) mass is 330 g/mol. The number of benzene rings is 1. The van der Waals surface area contributed by atoms with E-state index in [1.807, 2.05) is 12.1 Å². The van der Waals surface area contributed by atoms with Gasteiger partial charge in [-0.05, 0) is 30.0 Å². The summed E-state index contributed by atoms with van der Waals surface area (Å²) in [5.74, 6) is -0.903. The maximum absolute atomic E-state index is 10.5. The van der Waals surface area contributed by atoms with Crippen molar-refractivity contribution in [3.8, 4) is 0 Å². The van der Waals surface area contributed by atoms with Crippen molar-refractivity contribution in [1.29, 1.82) is 0 Å². The zero-order valence-corrected chi connectivity index (χ0v) is 15.3. The van der Waals surface area contributed by atoms with Gasteiger partial charge in [0.2, 0.25) is 0 Å². The highest BCUT2D eigenvalue weighted by molar-refractivity contribution is 5.85. The van der Waals surface area contributed by atoms with Crippen molar-refractivity contribution in [2.75, 3.05) is 0 Å². The minimum Gasteiger partial charge on any atom is -0.478 e. The van der Waals surface area contributed by atoms with E-state index in [4.69, 9.17) is 5.11 Å². The predicted molar refractivity (Wildman–Crippen MR) is 103 cm³/mol. The van der Waals surface area contributed by atoms with Crippen LogP contribution in [-0.2, 0) is 11.2 Å². The van der Waals surface area contributed by atoms with Crippen LogP contribution in [0.25, 0.3) is 6.08 Å². The average molecular weight is 331 g/mol. The number of hydrogen-bond acceptors (Lipinski definition) is 1. The van der Waals surface area contributed by atoms with E-state index in [2.05, 4.69) is 19.1 Å². The maximum atomic E-state index is 10.5. The summed E-state index contributed by atoms with van der Waals surface area (Å²) in [6.45, 7) is 2.27. The highest BCUT2D eigenvalue weighted by Gasteiger charge is 1.96. The third-order valence-electron chi connectivity index (χ3n) is 4.47. The molecule has 0 unspecified atom stereocenters. The van der Waals surface area contributed by atoms with E-state index in [1.54, 1.807) is 6.08 Å². The van der Waals surface area contributed by atoms with Gasteiger partial charge >= 0.3 is 5.97 Å². The van der Waals surface area contributed by atoms with E-state index in [-0.39, 0.29) is 0 Å². The van der Waals surface area contributed by atoms with Gasteiger partial charge in [-0.15, -0.1) is 0 Å². The van der Waals surface area contributed by atoms with Crippen LogP contribution in [0.3, 0.4) is 0 Å². The molecule has 1 aromatic rings. The van der Waals surface area contributed by atoms with Crippen LogP contribution in [0.5, 0.6) is 0 Å². The maximum Gasteiger partial charge on any atom is 0.328 e. The first kappa shape index (κ1) is 20.5. The van der Waals surface area contributed by atoms with Crippen LogP contribution in [0.15, 0.2) is 30.3 Å². The van der Waals surface area contributed by atoms with Crippen molar-refractivity contribution in [2.24, 2.45) is 0 Å². The first-order valence-electron chi connectivity index (χ1n) is 9.72. The molecule has 0 saturated carbocycles. The Bertz CT molecular complexity index is 459. The quantitative estimate of drug-likeness (QED) is 0.307. The van der Waals surface area contributed by atoms with E-state index in [0.29, 0.717) is 0 Å². The van der Waals surface area contributed by atoms with Gasteiger partial charge in [-0.25, -0.2) is 4.79 Å². The number of unbranched alkanes of at least 4 members (excludes halogenated alkanes) is 10. The Balaban J connectivity index is 2.00. The lowest BCUT2D eigenvalue weighted by Crippen LogP contribution is -1.88. The molecule has 0 heterocycles. The highest BCUT2D eigenvalue weighted by atomic mass is 16.4. The molecule has 0 spiro atoms. The predicted octanol–water partition coefficient (Wildman–Crippen LogP) is 6.64. The number of aliphatic carboxylic acids is 1. The van der Waals surface area contributed by atoms with Crippen molar-refractivity contribution >= 4 is 12.0 Å². The van der Waals surface area contributed by atoms with Gasteiger partial charge in [0.05, 0.1) is 0 Å². The molecule has 0 amide bonds. The molecule has 0 aromatic heterocycles. The number of carboxylic acid groups (broad SMARTS) is 1.